The fourth-order valence-electron chi connectivity index (χ4n) is 1.93. The van der Waals surface area contributed by atoms with E-state index in [-0.39, 0.29) is 18.7 Å². The van der Waals surface area contributed by atoms with Crippen LogP contribution >= 0.6 is 11.6 Å². The van der Waals surface area contributed by atoms with E-state index in [1.165, 1.54) is 42.5 Å². The standard InChI is InChI=1S/C15H14ClF2NO2S/c16-13-3-6-15(18)12(9-13)7-8-19-22(20,21)10-11-1-4-14(17)5-2-11/h1-6,9,19H,7-8,10H2. The van der Waals surface area contributed by atoms with E-state index in [1.54, 1.807) is 0 Å². The Morgan fingerprint density at radius 3 is 2.41 bits per heavy atom. The maximum absolute atomic E-state index is 13.5. The van der Waals surface area contributed by atoms with Crippen molar-refractivity contribution in [2.24, 2.45) is 0 Å². The number of nitrogens with one attached hydrogen (secondary N) is 1. The first-order valence-electron chi connectivity index (χ1n) is 6.51. The zero-order valence-corrected chi connectivity index (χ0v) is 13.1. The highest BCUT2D eigenvalue weighted by molar-refractivity contribution is 7.88. The molecule has 0 spiro atoms. The predicted octanol–water partition coefficient (Wildman–Crippen LogP) is 3.28. The quantitative estimate of drug-likeness (QED) is 0.873. The van der Waals surface area contributed by atoms with Gasteiger partial charge in [0.2, 0.25) is 10.0 Å². The molecule has 0 amide bonds. The molecule has 0 saturated heterocycles. The third-order valence-corrected chi connectivity index (χ3v) is 4.59. The number of rotatable bonds is 6. The van der Waals surface area contributed by atoms with E-state index in [2.05, 4.69) is 4.72 Å². The molecule has 2 aromatic carbocycles. The molecule has 2 aromatic rings. The van der Waals surface area contributed by atoms with Gasteiger partial charge in [-0.25, -0.2) is 21.9 Å². The van der Waals surface area contributed by atoms with Crippen LogP contribution in [0.25, 0.3) is 0 Å². The summed E-state index contributed by atoms with van der Waals surface area (Å²) in [6, 6.07) is 9.35. The summed E-state index contributed by atoms with van der Waals surface area (Å²) in [4.78, 5) is 0. The van der Waals surface area contributed by atoms with Gasteiger partial charge in [0.25, 0.3) is 0 Å². The Morgan fingerprint density at radius 1 is 1.05 bits per heavy atom. The second-order valence-electron chi connectivity index (χ2n) is 4.77. The Bertz CT molecular complexity index is 749. The van der Waals surface area contributed by atoms with Crippen LogP contribution in [-0.2, 0) is 22.2 Å². The molecule has 0 aliphatic heterocycles. The van der Waals surface area contributed by atoms with Crippen LogP contribution in [0.5, 0.6) is 0 Å². The Morgan fingerprint density at radius 2 is 1.73 bits per heavy atom. The molecule has 2 rings (SSSR count). The van der Waals surface area contributed by atoms with Crippen LogP contribution in [0.2, 0.25) is 5.02 Å². The van der Waals surface area contributed by atoms with Crippen molar-refractivity contribution >= 4 is 21.6 Å². The molecule has 118 valence electrons. The third-order valence-electron chi connectivity index (χ3n) is 2.99. The van der Waals surface area contributed by atoms with E-state index in [4.69, 9.17) is 11.6 Å². The molecule has 7 heteroatoms. The minimum absolute atomic E-state index is 0.0563. The van der Waals surface area contributed by atoms with Gasteiger partial charge >= 0.3 is 0 Å². The predicted molar refractivity (Wildman–Crippen MR) is 82.1 cm³/mol. The van der Waals surface area contributed by atoms with Crippen molar-refractivity contribution in [3.05, 3.63) is 70.2 Å². The lowest BCUT2D eigenvalue weighted by Gasteiger charge is -2.08. The van der Waals surface area contributed by atoms with E-state index < -0.39 is 21.7 Å². The van der Waals surface area contributed by atoms with E-state index in [0.717, 1.165) is 0 Å². The lowest BCUT2D eigenvalue weighted by Crippen LogP contribution is -2.27. The van der Waals surface area contributed by atoms with Crippen molar-refractivity contribution in [1.82, 2.24) is 4.72 Å². The van der Waals surface area contributed by atoms with Gasteiger partial charge in [-0.1, -0.05) is 23.7 Å². The van der Waals surface area contributed by atoms with Crippen LogP contribution in [0.1, 0.15) is 11.1 Å². The van der Waals surface area contributed by atoms with Gasteiger partial charge in [0.1, 0.15) is 11.6 Å². The minimum Gasteiger partial charge on any atom is -0.215 e. The van der Waals surface area contributed by atoms with Crippen LogP contribution < -0.4 is 4.72 Å². The number of benzene rings is 2. The molecular formula is C15H14ClF2NO2S. The molecule has 0 bridgehead atoms. The SMILES string of the molecule is O=S(=O)(Cc1ccc(F)cc1)NCCc1cc(Cl)ccc1F. The van der Waals surface area contributed by atoms with Gasteiger partial charge in [0, 0.05) is 11.6 Å². The molecular weight excluding hydrogens is 332 g/mol. The number of hydrogen-bond acceptors (Lipinski definition) is 2. The molecule has 0 atom stereocenters. The molecule has 0 unspecified atom stereocenters. The van der Waals surface area contributed by atoms with Gasteiger partial charge in [-0.2, -0.15) is 0 Å². The van der Waals surface area contributed by atoms with Crippen LogP contribution in [0, 0.1) is 11.6 Å². The summed E-state index contributed by atoms with van der Waals surface area (Å²) in [5.74, 6) is -1.11. The molecule has 0 heterocycles. The first kappa shape index (κ1) is 16.9. The fraction of sp³-hybridized carbons (Fsp3) is 0.200. The van der Waals surface area contributed by atoms with Crippen LogP contribution in [0.4, 0.5) is 8.78 Å². The highest BCUT2D eigenvalue weighted by Crippen LogP contribution is 2.15. The second kappa shape index (κ2) is 7.17. The molecule has 3 nitrogen and oxygen atoms in total. The van der Waals surface area contributed by atoms with Gasteiger partial charge in [-0.3, -0.25) is 0 Å². The summed E-state index contributed by atoms with van der Waals surface area (Å²) in [5.41, 5.74) is 0.819. The first-order chi connectivity index (χ1) is 10.4. The van der Waals surface area contributed by atoms with E-state index in [0.29, 0.717) is 16.1 Å². The van der Waals surface area contributed by atoms with E-state index in [9.17, 15) is 17.2 Å². The van der Waals surface area contributed by atoms with Gasteiger partial charge in [-0.05, 0) is 47.9 Å². The molecule has 1 N–H and O–H groups in total. The first-order valence-corrected chi connectivity index (χ1v) is 8.54. The molecule has 0 aliphatic carbocycles. The maximum Gasteiger partial charge on any atom is 0.215 e. The zero-order valence-electron chi connectivity index (χ0n) is 11.5. The van der Waals surface area contributed by atoms with Crippen molar-refractivity contribution < 1.29 is 17.2 Å². The fourth-order valence-corrected chi connectivity index (χ4v) is 3.27. The average Bonchev–Trinajstić information content (AvgIpc) is 2.45. The highest BCUT2D eigenvalue weighted by Gasteiger charge is 2.12. The van der Waals surface area contributed by atoms with E-state index >= 15 is 0 Å². The lowest BCUT2D eigenvalue weighted by molar-refractivity contribution is 0.576. The van der Waals surface area contributed by atoms with Gasteiger partial charge < -0.3 is 0 Å². The van der Waals surface area contributed by atoms with Crippen molar-refractivity contribution in [3.63, 3.8) is 0 Å². The Balaban J connectivity index is 1.92. The second-order valence-corrected chi connectivity index (χ2v) is 7.01. The summed E-state index contributed by atoms with van der Waals surface area (Å²) in [5, 5.41) is 0.394. The largest absolute Gasteiger partial charge is 0.215 e. The smallest absolute Gasteiger partial charge is 0.215 e. The maximum atomic E-state index is 13.5. The van der Waals surface area contributed by atoms with Crippen molar-refractivity contribution in [1.29, 1.82) is 0 Å². The van der Waals surface area contributed by atoms with E-state index in [1.807, 2.05) is 0 Å². The number of sulfonamides is 1. The van der Waals surface area contributed by atoms with Crippen molar-refractivity contribution in [3.8, 4) is 0 Å². The number of hydrogen-bond donors (Lipinski definition) is 1. The minimum atomic E-state index is -3.57. The molecule has 0 radical (unpaired) electrons. The molecule has 0 aromatic heterocycles. The van der Waals surface area contributed by atoms with Crippen molar-refractivity contribution in [2.75, 3.05) is 6.54 Å². The third kappa shape index (κ3) is 5.05. The molecule has 0 fully saturated rings. The molecule has 22 heavy (non-hydrogen) atoms. The molecule has 0 aliphatic rings. The van der Waals surface area contributed by atoms with Gasteiger partial charge in [0.05, 0.1) is 5.75 Å². The lowest BCUT2D eigenvalue weighted by atomic mass is 10.1. The average molecular weight is 346 g/mol. The van der Waals surface area contributed by atoms with Gasteiger partial charge in [-0.15, -0.1) is 0 Å². The Kier molecular flexibility index (Phi) is 5.50. The molecule has 0 saturated carbocycles. The number of halogens is 3. The summed E-state index contributed by atoms with van der Waals surface area (Å²) >= 11 is 5.77. The highest BCUT2D eigenvalue weighted by atomic mass is 35.5. The Hall–Kier alpha value is -1.50. The van der Waals surface area contributed by atoms with Crippen LogP contribution in [0.3, 0.4) is 0 Å². The van der Waals surface area contributed by atoms with Crippen LogP contribution in [-0.4, -0.2) is 15.0 Å². The summed E-state index contributed by atoms with van der Waals surface area (Å²) < 4.78 is 52.5. The summed E-state index contributed by atoms with van der Waals surface area (Å²) in [7, 11) is -3.57. The van der Waals surface area contributed by atoms with Crippen LogP contribution in [0.15, 0.2) is 42.5 Å². The van der Waals surface area contributed by atoms with Crippen molar-refractivity contribution in [2.45, 2.75) is 12.2 Å². The summed E-state index contributed by atoms with van der Waals surface area (Å²) in [6.07, 6.45) is 0.190. The normalized spacial score (nSPS) is 11.6. The summed E-state index contributed by atoms with van der Waals surface area (Å²) in [6.45, 7) is 0.0563. The van der Waals surface area contributed by atoms with Gasteiger partial charge in [0.15, 0.2) is 0 Å². The zero-order chi connectivity index (χ0) is 16.2. The monoisotopic (exact) mass is 345 g/mol. The Labute approximate surface area is 133 Å². The topological polar surface area (TPSA) is 46.2 Å².